The number of aromatic nitrogens is 2. The molecule has 2 aromatic heterocycles. The standard InChI is InChI=1S/C44H31N3/c1-2-10-29(11-3-1)39-23-19-30-18-22-34(28-40(30)45-39)47-42-17-9-7-15-36(42)38-27-32(21-25-44(38)47)31-20-24-43-37(26-31)35-14-6-8-16-41(35)46(43)33-12-4-5-13-33/h1-7,9-12,14-15,17-28,39,45H,8,16H2. The van der Waals surface area contributed by atoms with E-state index in [9.17, 15) is 0 Å². The number of allylic oxidation sites excluding steroid dienone is 4. The fourth-order valence-corrected chi connectivity index (χ4v) is 7.79. The largest absolute Gasteiger partial charge is 0.374 e. The van der Waals surface area contributed by atoms with Crippen LogP contribution in [0.3, 0.4) is 0 Å². The molecule has 1 atom stereocenters. The van der Waals surface area contributed by atoms with Gasteiger partial charge in [-0.15, -0.1) is 0 Å². The Morgan fingerprint density at radius 2 is 1.45 bits per heavy atom. The van der Waals surface area contributed by atoms with Crippen LogP contribution in [-0.2, 0) is 6.42 Å². The highest BCUT2D eigenvalue weighted by Gasteiger charge is 2.21. The van der Waals surface area contributed by atoms with Crippen molar-refractivity contribution in [3.05, 3.63) is 168 Å². The molecule has 0 saturated carbocycles. The smallest absolute Gasteiger partial charge is 0.0888 e. The summed E-state index contributed by atoms with van der Waals surface area (Å²) in [6.45, 7) is 0. The number of fused-ring (bicyclic) bond motifs is 7. The van der Waals surface area contributed by atoms with E-state index >= 15 is 0 Å². The Bertz CT molecular complexity index is 2580. The van der Waals surface area contributed by atoms with Gasteiger partial charge in [0.05, 0.1) is 28.3 Å². The van der Waals surface area contributed by atoms with E-state index in [0.717, 1.165) is 29.9 Å². The lowest BCUT2D eigenvalue weighted by Crippen LogP contribution is -2.12. The Morgan fingerprint density at radius 3 is 2.30 bits per heavy atom. The van der Waals surface area contributed by atoms with E-state index in [1.54, 1.807) is 0 Å². The van der Waals surface area contributed by atoms with Crippen LogP contribution in [0.25, 0.3) is 67.4 Å². The SMILES string of the molecule is C1=CC=CC=1n1c2c(c3cc(-c4ccc5c(c4)c4ccccc4n5-c4ccc5c(c4)NC(c4ccccc4)C=C5)ccc31)C=CCC2. The molecule has 0 saturated heterocycles. The molecule has 3 nitrogen and oxygen atoms in total. The molecule has 1 N–H and O–H groups in total. The molecule has 3 aliphatic rings. The number of anilines is 1. The molecular formula is C44H31N3. The fourth-order valence-electron chi connectivity index (χ4n) is 7.79. The van der Waals surface area contributed by atoms with Gasteiger partial charge in [-0.2, -0.15) is 0 Å². The molecule has 1 aliphatic heterocycles. The van der Waals surface area contributed by atoms with Gasteiger partial charge in [0.15, 0.2) is 0 Å². The van der Waals surface area contributed by atoms with Crippen LogP contribution in [-0.4, -0.2) is 9.13 Å². The zero-order chi connectivity index (χ0) is 30.9. The van der Waals surface area contributed by atoms with E-state index in [4.69, 9.17) is 0 Å². The summed E-state index contributed by atoms with van der Waals surface area (Å²) < 4.78 is 4.81. The van der Waals surface area contributed by atoms with E-state index in [2.05, 4.69) is 166 Å². The highest BCUT2D eigenvalue weighted by Crippen LogP contribution is 2.40. The van der Waals surface area contributed by atoms with Gasteiger partial charge in [0.2, 0.25) is 0 Å². The summed E-state index contributed by atoms with van der Waals surface area (Å²) in [7, 11) is 0. The van der Waals surface area contributed by atoms with Gasteiger partial charge in [0, 0.05) is 38.8 Å². The molecule has 222 valence electrons. The van der Waals surface area contributed by atoms with Crippen molar-refractivity contribution in [1.82, 2.24) is 9.13 Å². The molecule has 0 radical (unpaired) electrons. The van der Waals surface area contributed by atoms with Crippen LogP contribution in [0.5, 0.6) is 0 Å². The topological polar surface area (TPSA) is 21.9 Å². The van der Waals surface area contributed by atoms with E-state index in [1.165, 1.54) is 66.2 Å². The molecule has 0 spiro atoms. The molecule has 3 heterocycles. The molecule has 47 heavy (non-hydrogen) atoms. The van der Waals surface area contributed by atoms with Crippen molar-refractivity contribution in [2.75, 3.05) is 5.32 Å². The maximum Gasteiger partial charge on any atom is 0.0888 e. The minimum Gasteiger partial charge on any atom is -0.374 e. The summed E-state index contributed by atoms with van der Waals surface area (Å²) in [5.41, 5.74) is 18.2. The number of benzene rings is 5. The third kappa shape index (κ3) is 4.07. The average Bonchev–Trinajstić information content (AvgIpc) is 3.86. The third-order valence-electron chi connectivity index (χ3n) is 10.0. The van der Waals surface area contributed by atoms with Crippen molar-refractivity contribution in [1.29, 1.82) is 0 Å². The van der Waals surface area contributed by atoms with Crippen LogP contribution >= 0.6 is 0 Å². The first-order valence-electron chi connectivity index (χ1n) is 16.5. The van der Waals surface area contributed by atoms with E-state index in [-0.39, 0.29) is 6.04 Å². The normalized spacial score (nSPS) is 16.2. The summed E-state index contributed by atoms with van der Waals surface area (Å²) >= 11 is 0. The zero-order valence-electron chi connectivity index (χ0n) is 25.8. The second kappa shape index (κ2) is 10.3. The number of rotatable bonds is 4. The van der Waals surface area contributed by atoms with Gasteiger partial charge >= 0.3 is 0 Å². The van der Waals surface area contributed by atoms with Crippen molar-refractivity contribution in [3.63, 3.8) is 0 Å². The van der Waals surface area contributed by atoms with E-state index < -0.39 is 0 Å². The first-order chi connectivity index (χ1) is 23.3. The van der Waals surface area contributed by atoms with Gasteiger partial charge in [0.1, 0.15) is 0 Å². The molecular weight excluding hydrogens is 571 g/mol. The number of nitrogens with one attached hydrogen (secondary N) is 1. The summed E-state index contributed by atoms with van der Waals surface area (Å²) in [5.74, 6) is 0. The summed E-state index contributed by atoms with van der Waals surface area (Å²) in [4.78, 5) is 0. The first-order valence-corrected chi connectivity index (χ1v) is 16.5. The zero-order valence-corrected chi connectivity index (χ0v) is 25.8. The Balaban J connectivity index is 1.10. The predicted molar refractivity (Wildman–Crippen MR) is 198 cm³/mol. The quantitative estimate of drug-likeness (QED) is 0.199. The summed E-state index contributed by atoms with van der Waals surface area (Å²) in [6.07, 6.45) is 17.5. The third-order valence-corrected chi connectivity index (χ3v) is 10.0. The van der Waals surface area contributed by atoms with Gasteiger partial charge in [0.25, 0.3) is 0 Å². The highest BCUT2D eigenvalue weighted by molar-refractivity contribution is 6.11. The molecule has 3 heteroatoms. The van der Waals surface area contributed by atoms with Crippen LogP contribution in [0.2, 0.25) is 0 Å². The van der Waals surface area contributed by atoms with Gasteiger partial charge in [-0.3, -0.25) is 0 Å². The Labute approximate surface area is 273 Å². The average molecular weight is 602 g/mol. The fraction of sp³-hybridized carbons (Fsp3) is 0.0682. The van der Waals surface area contributed by atoms with Crippen molar-refractivity contribution in [2.45, 2.75) is 18.9 Å². The number of hydrogen-bond donors (Lipinski definition) is 1. The first kappa shape index (κ1) is 26.2. The Kier molecular flexibility index (Phi) is 5.72. The highest BCUT2D eigenvalue weighted by atomic mass is 15.0. The molecule has 1 unspecified atom stereocenters. The Morgan fingerprint density at radius 1 is 0.660 bits per heavy atom. The number of para-hydroxylation sites is 1. The second-order valence-corrected chi connectivity index (χ2v) is 12.7. The van der Waals surface area contributed by atoms with Crippen molar-refractivity contribution >= 4 is 56.2 Å². The maximum absolute atomic E-state index is 3.78. The van der Waals surface area contributed by atoms with Crippen molar-refractivity contribution in [2.24, 2.45) is 0 Å². The summed E-state index contributed by atoms with van der Waals surface area (Å²) in [5, 5.41) is 7.60. The minimum atomic E-state index is 0.151. The summed E-state index contributed by atoms with van der Waals surface area (Å²) in [6, 6.07) is 40.3. The molecule has 10 rings (SSSR count). The van der Waals surface area contributed by atoms with Crippen LogP contribution < -0.4 is 5.32 Å². The molecule has 7 aromatic rings. The lowest BCUT2D eigenvalue weighted by Gasteiger charge is -2.23. The predicted octanol–water partition coefficient (Wildman–Crippen LogP) is 11.1. The van der Waals surface area contributed by atoms with Crippen LogP contribution in [0.4, 0.5) is 5.69 Å². The lowest BCUT2D eigenvalue weighted by atomic mass is 9.98. The van der Waals surface area contributed by atoms with Crippen LogP contribution in [0.15, 0.2) is 145 Å². The van der Waals surface area contributed by atoms with Crippen LogP contribution in [0.1, 0.15) is 34.8 Å². The lowest BCUT2D eigenvalue weighted by molar-refractivity contribution is 0.902. The monoisotopic (exact) mass is 601 g/mol. The van der Waals surface area contributed by atoms with Gasteiger partial charge in [-0.25, -0.2) is 0 Å². The Hall–Kier alpha value is -6.02. The minimum absolute atomic E-state index is 0.151. The molecule has 2 aliphatic carbocycles. The molecule has 0 bridgehead atoms. The van der Waals surface area contributed by atoms with Crippen LogP contribution in [0, 0.1) is 0 Å². The number of hydrogen-bond acceptors (Lipinski definition) is 1. The van der Waals surface area contributed by atoms with E-state index in [0.29, 0.717) is 0 Å². The maximum atomic E-state index is 3.78. The van der Waals surface area contributed by atoms with Gasteiger partial charge < -0.3 is 14.5 Å². The van der Waals surface area contributed by atoms with Gasteiger partial charge in [-0.1, -0.05) is 103 Å². The second-order valence-electron chi connectivity index (χ2n) is 12.7. The van der Waals surface area contributed by atoms with Crippen molar-refractivity contribution in [3.8, 4) is 16.8 Å². The van der Waals surface area contributed by atoms with Crippen molar-refractivity contribution < 1.29 is 0 Å². The molecule has 0 amide bonds. The molecule has 5 aromatic carbocycles. The molecule has 0 fully saturated rings. The van der Waals surface area contributed by atoms with E-state index in [1.807, 2.05) is 6.08 Å². The van der Waals surface area contributed by atoms with Gasteiger partial charge in [-0.05, 0) is 89.7 Å². The number of nitrogens with zero attached hydrogens (tertiary/aromatic N) is 2.